The fraction of sp³-hybridized carbons (Fsp3) is 0.357. The predicted molar refractivity (Wildman–Crippen MR) is 82.5 cm³/mol. The maximum atomic E-state index is 6.08. The van der Waals surface area contributed by atoms with Crippen LogP contribution in [0.15, 0.2) is 34.9 Å². The molecule has 1 unspecified atom stereocenters. The molecule has 1 aromatic heterocycles. The molecule has 3 nitrogen and oxygen atoms in total. The van der Waals surface area contributed by atoms with Gasteiger partial charge in [0.2, 0.25) is 0 Å². The molecule has 0 spiro atoms. The van der Waals surface area contributed by atoms with Gasteiger partial charge < -0.3 is 5.32 Å². The van der Waals surface area contributed by atoms with Gasteiger partial charge in [0, 0.05) is 34.5 Å². The van der Waals surface area contributed by atoms with Crippen molar-refractivity contribution in [3.63, 3.8) is 0 Å². The molecule has 1 atom stereocenters. The van der Waals surface area contributed by atoms with E-state index in [9.17, 15) is 0 Å². The fourth-order valence-electron chi connectivity index (χ4n) is 2.18. The Morgan fingerprint density at radius 3 is 2.84 bits per heavy atom. The highest BCUT2D eigenvalue weighted by Gasteiger charge is 2.14. The summed E-state index contributed by atoms with van der Waals surface area (Å²) >= 11 is 9.67. The van der Waals surface area contributed by atoms with Crippen molar-refractivity contribution in [2.24, 2.45) is 7.05 Å². The van der Waals surface area contributed by atoms with Crippen molar-refractivity contribution < 1.29 is 0 Å². The molecule has 0 amide bonds. The lowest BCUT2D eigenvalue weighted by molar-refractivity contribution is 0.534. The Hall–Kier alpha value is -0.840. The Kier molecular flexibility index (Phi) is 5.02. The molecule has 102 valence electrons. The summed E-state index contributed by atoms with van der Waals surface area (Å²) in [5.41, 5.74) is 2.43. The van der Waals surface area contributed by atoms with Crippen LogP contribution in [0.4, 0.5) is 0 Å². The molecule has 0 radical (unpaired) electrons. The summed E-state index contributed by atoms with van der Waals surface area (Å²) in [5, 5.41) is 8.30. The number of aryl methyl sites for hydroxylation is 2. The van der Waals surface area contributed by atoms with E-state index in [1.165, 1.54) is 11.3 Å². The molecule has 1 heterocycles. The van der Waals surface area contributed by atoms with Gasteiger partial charge in [0.25, 0.3) is 0 Å². The van der Waals surface area contributed by atoms with E-state index in [4.69, 9.17) is 11.6 Å². The van der Waals surface area contributed by atoms with E-state index in [0.717, 1.165) is 22.3 Å². The number of hydrogen-bond acceptors (Lipinski definition) is 2. The van der Waals surface area contributed by atoms with Gasteiger partial charge >= 0.3 is 0 Å². The number of hydrogen-bond donors (Lipinski definition) is 1. The third-order valence-electron chi connectivity index (χ3n) is 3.29. The zero-order valence-corrected chi connectivity index (χ0v) is 13.4. The highest BCUT2D eigenvalue weighted by molar-refractivity contribution is 9.10. The van der Waals surface area contributed by atoms with Crippen molar-refractivity contribution in [2.75, 3.05) is 7.05 Å². The first-order chi connectivity index (χ1) is 9.11. The van der Waals surface area contributed by atoms with Gasteiger partial charge in [0.15, 0.2) is 0 Å². The van der Waals surface area contributed by atoms with Gasteiger partial charge in [-0.15, -0.1) is 0 Å². The molecule has 5 heteroatoms. The van der Waals surface area contributed by atoms with Crippen molar-refractivity contribution in [1.82, 2.24) is 15.1 Å². The molecule has 0 aliphatic heterocycles. The SMILES string of the molecule is CNC(CCc1ccnn1C)c1cc(Cl)ccc1Br. The van der Waals surface area contributed by atoms with E-state index in [1.807, 2.05) is 43.2 Å². The van der Waals surface area contributed by atoms with Crippen molar-refractivity contribution >= 4 is 27.5 Å². The average molecular weight is 343 g/mol. The molecular formula is C14H17BrClN3. The lowest BCUT2D eigenvalue weighted by atomic mass is 10.0. The summed E-state index contributed by atoms with van der Waals surface area (Å²) in [6.07, 6.45) is 3.80. The summed E-state index contributed by atoms with van der Waals surface area (Å²) in [6.45, 7) is 0. The third-order valence-corrected chi connectivity index (χ3v) is 4.25. The lowest BCUT2D eigenvalue weighted by Gasteiger charge is -2.18. The molecule has 2 rings (SSSR count). The summed E-state index contributed by atoms with van der Waals surface area (Å²) in [5.74, 6) is 0. The van der Waals surface area contributed by atoms with E-state index in [0.29, 0.717) is 0 Å². The normalized spacial score (nSPS) is 12.6. The summed E-state index contributed by atoms with van der Waals surface area (Å²) in [6, 6.07) is 8.22. The standard InChI is InChI=1S/C14H17BrClN3/c1-17-14(6-4-11-7-8-18-19(11)2)12-9-10(16)3-5-13(12)15/h3,5,7-9,14,17H,4,6H2,1-2H3. The van der Waals surface area contributed by atoms with E-state index < -0.39 is 0 Å². The van der Waals surface area contributed by atoms with Gasteiger partial charge in [-0.3, -0.25) is 4.68 Å². The minimum absolute atomic E-state index is 0.267. The smallest absolute Gasteiger partial charge is 0.0492 e. The largest absolute Gasteiger partial charge is 0.313 e. The molecule has 0 aliphatic carbocycles. The zero-order valence-electron chi connectivity index (χ0n) is 11.0. The number of aromatic nitrogens is 2. The Balaban J connectivity index is 2.12. The van der Waals surface area contributed by atoms with Crippen LogP contribution in [-0.4, -0.2) is 16.8 Å². The van der Waals surface area contributed by atoms with Crippen LogP contribution in [-0.2, 0) is 13.5 Å². The molecule has 2 aromatic rings. The summed E-state index contributed by atoms with van der Waals surface area (Å²) in [7, 11) is 3.94. The molecule has 0 fully saturated rings. The van der Waals surface area contributed by atoms with Crippen molar-refractivity contribution in [3.05, 3.63) is 51.2 Å². The number of nitrogens with one attached hydrogen (secondary N) is 1. The Morgan fingerprint density at radius 2 is 2.21 bits per heavy atom. The van der Waals surface area contributed by atoms with E-state index in [-0.39, 0.29) is 6.04 Å². The molecule has 0 saturated carbocycles. The maximum Gasteiger partial charge on any atom is 0.0492 e. The zero-order chi connectivity index (χ0) is 13.8. The van der Waals surface area contributed by atoms with Crippen molar-refractivity contribution in [1.29, 1.82) is 0 Å². The Labute approximate surface area is 127 Å². The molecule has 0 bridgehead atoms. The molecule has 0 aliphatic rings. The van der Waals surface area contributed by atoms with Crippen LogP contribution in [0.25, 0.3) is 0 Å². The van der Waals surface area contributed by atoms with Crippen LogP contribution in [0.1, 0.15) is 23.7 Å². The Bertz CT molecular complexity index is 553. The summed E-state index contributed by atoms with van der Waals surface area (Å²) < 4.78 is 3.00. The van der Waals surface area contributed by atoms with Gasteiger partial charge in [-0.25, -0.2) is 0 Å². The van der Waals surface area contributed by atoms with Crippen LogP contribution in [0.3, 0.4) is 0 Å². The second kappa shape index (κ2) is 6.55. The molecular weight excluding hydrogens is 326 g/mol. The van der Waals surface area contributed by atoms with Crippen LogP contribution < -0.4 is 5.32 Å². The fourth-order valence-corrected chi connectivity index (χ4v) is 2.88. The van der Waals surface area contributed by atoms with E-state index in [2.05, 4.69) is 32.4 Å². The molecule has 1 aromatic carbocycles. The van der Waals surface area contributed by atoms with Crippen LogP contribution >= 0.6 is 27.5 Å². The van der Waals surface area contributed by atoms with Gasteiger partial charge in [0.05, 0.1) is 0 Å². The maximum absolute atomic E-state index is 6.08. The van der Waals surface area contributed by atoms with Crippen LogP contribution in [0.5, 0.6) is 0 Å². The summed E-state index contributed by atoms with van der Waals surface area (Å²) in [4.78, 5) is 0. The van der Waals surface area contributed by atoms with Gasteiger partial charge in [0.1, 0.15) is 0 Å². The first kappa shape index (κ1) is 14.6. The highest BCUT2D eigenvalue weighted by Crippen LogP contribution is 2.29. The quantitative estimate of drug-likeness (QED) is 0.897. The average Bonchev–Trinajstić information content (AvgIpc) is 2.80. The number of rotatable bonds is 5. The molecule has 0 saturated heterocycles. The van der Waals surface area contributed by atoms with Crippen molar-refractivity contribution in [2.45, 2.75) is 18.9 Å². The highest BCUT2D eigenvalue weighted by atomic mass is 79.9. The van der Waals surface area contributed by atoms with E-state index in [1.54, 1.807) is 0 Å². The van der Waals surface area contributed by atoms with Gasteiger partial charge in [-0.1, -0.05) is 27.5 Å². The van der Waals surface area contributed by atoms with Gasteiger partial charge in [-0.05, 0) is 49.7 Å². The second-order valence-electron chi connectivity index (χ2n) is 4.49. The minimum atomic E-state index is 0.267. The van der Waals surface area contributed by atoms with Crippen LogP contribution in [0.2, 0.25) is 5.02 Å². The lowest BCUT2D eigenvalue weighted by Crippen LogP contribution is -2.18. The Morgan fingerprint density at radius 1 is 1.42 bits per heavy atom. The van der Waals surface area contributed by atoms with Gasteiger partial charge in [-0.2, -0.15) is 5.10 Å². The number of nitrogens with zero attached hydrogens (tertiary/aromatic N) is 2. The first-order valence-electron chi connectivity index (χ1n) is 6.21. The topological polar surface area (TPSA) is 29.9 Å². The molecule has 19 heavy (non-hydrogen) atoms. The third kappa shape index (κ3) is 3.59. The number of halogens is 2. The van der Waals surface area contributed by atoms with Crippen molar-refractivity contribution in [3.8, 4) is 0 Å². The first-order valence-corrected chi connectivity index (χ1v) is 7.38. The number of benzene rings is 1. The minimum Gasteiger partial charge on any atom is -0.313 e. The predicted octanol–water partition coefficient (Wildman–Crippen LogP) is 3.73. The molecule has 1 N–H and O–H groups in total. The monoisotopic (exact) mass is 341 g/mol. The van der Waals surface area contributed by atoms with E-state index >= 15 is 0 Å². The van der Waals surface area contributed by atoms with Crippen LogP contribution in [0, 0.1) is 0 Å². The second-order valence-corrected chi connectivity index (χ2v) is 5.78.